The maximum atomic E-state index is 12.4. The van der Waals surface area contributed by atoms with Crippen molar-refractivity contribution >= 4 is 18.3 Å². The molecule has 1 amide bonds. The van der Waals surface area contributed by atoms with Gasteiger partial charge in [0.1, 0.15) is 0 Å². The maximum Gasteiger partial charge on any atom is 0.253 e. The smallest absolute Gasteiger partial charge is 0.253 e. The lowest BCUT2D eigenvalue weighted by atomic mass is 9.83. The van der Waals surface area contributed by atoms with E-state index in [1.807, 2.05) is 24.3 Å². The molecule has 1 aliphatic rings. The standard InChI is InChI=1S/C14H18N2O3/c1-15-12-6-4-5-10(7-12)13(11-8-19-9-11)14(17)16(2)18-3/h4-7,11,13H,1,8-9H2,2-3H3. The van der Waals surface area contributed by atoms with Gasteiger partial charge in [-0.1, -0.05) is 12.1 Å². The third-order valence-electron chi connectivity index (χ3n) is 3.40. The van der Waals surface area contributed by atoms with Crippen molar-refractivity contribution in [3.05, 3.63) is 29.8 Å². The zero-order valence-corrected chi connectivity index (χ0v) is 11.2. The van der Waals surface area contributed by atoms with Crippen molar-refractivity contribution in [2.24, 2.45) is 10.9 Å². The Kier molecular flexibility index (Phi) is 4.29. The SMILES string of the molecule is C=Nc1cccc(C(C(=O)N(C)OC)C2COC2)c1. The molecule has 0 N–H and O–H groups in total. The van der Waals surface area contributed by atoms with Crippen molar-refractivity contribution in [3.63, 3.8) is 0 Å². The summed E-state index contributed by atoms with van der Waals surface area (Å²) in [6.07, 6.45) is 0. The Labute approximate surface area is 112 Å². The Balaban J connectivity index is 2.30. The number of hydrogen-bond donors (Lipinski definition) is 0. The van der Waals surface area contributed by atoms with Gasteiger partial charge in [-0.2, -0.15) is 0 Å². The third kappa shape index (κ3) is 2.83. The molecule has 1 aromatic carbocycles. The molecule has 0 spiro atoms. The van der Waals surface area contributed by atoms with E-state index < -0.39 is 0 Å². The molecule has 5 heteroatoms. The van der Waals surface area contributed by atoms with Gasteiger partial charge in [-0.3, -0.25) is 14.6 Å². The van der Waals surface area contributed by atoms with E-state index in [4.69, 9.17) is 9.57 Å². The summed E-state index contributed by atoms with van der Waals surface area (Å²) in [7, 11) is 3.10. The van der Waals surface area contributed by atoms with Crippen LogP contribution >= 0.6 is 0 Å². The van der Waals surface area contributed by atoms with Crippen LogP contribution in [0.1, 0.15) is 11.5 Å². The maximum absolute atomic E-state index is 12.4. The number of rotatable bonds is 5. The topological polar surface area (TPSA) is 51.1 Å². The van der Waals surface area contributed by atoms with Crippen LogP contribution in [-0.4, -0.2) is 45.1 Å². The van der Waals surface area contributed by atoms with Crippen LogP contribution in [0.25, 0.3) is 0 Å². The number of aliphatic imine (C=N–C) groups is 1. The number of benzene rings is 1. The monoisotopic (exact) mass is 262 g/mol. The molecule has 102 valence electrons. The highest BCUT2D eigenvalue weighted by Gasteiger charge is 2.36. The van der Waals surface area contributed by atoms with Crippen LogP contribution in [0, 0.1) is 5.92 Å². The normalized spacial score (nSPS) is 16.5. The first-order valence-electron chi connectivity index (χ1n) is 6.13. The highest BCUT2D eigenvalue weighted by Crippen LogP contribution is 2.33. The molecule has 2 rings (SSSR count). The second kappa shape index (κ2) is 5.95. The summed E-state index contributed by atoms with van der Waals surface area (Å²) in [5.74, 6) is -0.150. The van der Waals surface area contributed by atoms with Gasteiger partial charge in [0.2, 0.25) is 0 Å². The first-order valence-corrected chi connectivity index (χ1v) is 6.13. The predicted molar refractivity (Wildman–Crippen MR) is 72.5 cm³/mol. The minimum absolute atomic E-state index is 0.0722. The van der Waals surface area contributed by atoms with Gasteiger partial charge in [0.05, 0.1) is 31.9 Å². The molecule has 0 saturated carbocycles. The molecule has 0 bridgehead atoms. The largest absolute Gasteiger partial charge is 0.381 e. The zero-order valence-electron chi connectivity index (χ0n) is 11.2. The fourth-order valence-electron chi connectivity index (χ4n) is 2.17. The Hall–Kier alpha value is -1.72. The van der Waals surface area contributed by atoms with Crippen LogP contribution in [0.5, 0.6) is 0 Å². The van der Waals surface area contributed by atoms with E-state index in [0.29, 0.717) is 13.2 Å². The van der Waals surface area contributed by atoms with Crippen LogP contribution in [0.4, 0.5) is 5.69 Å². The van der Waals surface area contributed by atoms with Crippen molar-refractivity contribution < 1.29 is 14.4 Å². The van der Waals surface area contributed by atoms with Gasteiger partial charge < -0.3 is 4.74 Å². The Morgan fingerprint density at radius 3 is 2.84 bits per heavy atom. The first kappa shape index (κ1) is 13.7. The van der Waals surface area contributed by atoms with E-state index in [0.717, 1.165) is 11.3 Å². The van der Waals surface area contributed by atoms with Crippen molar-refractivity contribution in [2.75, 3.05) is 27.4 Å². The minimum atomic E-state index is -0.264. The molecule has 1 aromatic rings. The van der Waals surface area contributed by atoms with Gasteiger partial charge in [0.25, 0.3) is 5.91 Å². The van der Waals surface area contributed by atoms with Crippen LogP contribution < -0.4 is 0 Å². The first-order chi connectivity index (χ1) is 9.17. The fraction of sp³-hybridized carbons (Fsp3) is 0.429. The molecule has 0 radical (unpaired) electrons. The van der Waals surface area contributed by atoms with E-state index >= 15 is 0 Å². The van der Waals surface area contributed by atoms with Crippen LogP contribution in [-0.2, 0) is 14.4 Å². The molecule has 0 aromatic heterocycles. The lowest BCUT2D eigenvalue weighted by Crippen LogP contribution is -2.42. The summed E-state index contributed by atoms with van der Waals surface area (Å²) < 4.78 is 5.21. The predicted octanol–water partition coefficient (Wildman–Crippen LogP) is 1.77. The molecule has 1 saturated heterocycles. The highest BCUT2D eigenvalue weighted by molar-refractivity contribution is 5.83. The van der Waals surface area contributed by atoms with Crippen molar-refractivity contribution in [1.82, 2.24) is 5.06 Å². The summed E-state index contributed by atoms with van der Waals surface area (Å²) >= 11 is 0. The highest BCUT2D eigenvalue weighted by atomic mass is 16.7. The zero-order chi connectivity index (χ0) is 13.8. The summed E-state index contributed by atoms with van der Waals surface area (Å²) in [5.41, 5.74) is 1.68. The number of carbonyl (C=O) groups is 1. The third-order valence-corrected chi connectivity index (χ3v) is 3.40. The summed E-state index contributed by atoms with van der Waals surface area (Å²) in [6.45, 7) is 4.71. The Morgan fingerprint density at radius 2 is 2.32 bits per heavy atom. The van der Waals surface area contributed by atoms with Gasteiger partial charge in [-0.25, -0.2) is 5.06 Å². The average molecular weight is 262 g/mol. The summed E-state index contributed by atoms with van der Waals surface area (Å²) in [4.78, 5) is 21.3. The van der Waals surface area contributed by atoms with E-state index in [-0.39, 0.29) is 17.7 Å². The Morgan fingerprint density at radius 1 is 1.58 bits per heavy atom. The van der Waals surface area contributed by atoms with Crippen molar-refractivity contribution in [1.29, 1.82) is 0 Å². The lowest BCUT2D eigenvalue weighted by molar-refractivity contribution is -0.176. The van der Waals surface area contributed by atoms with Gasteiger partial charge in [0.15, 0.2) is 0 Å². The Bertz CT molecular complexity index is 472. The molecule has 0 aliphatic carbocycles. The van der Waals surface area contributed by atoms with E-state index in [1.165, 1.54) is 12.2 Å². The number of nitrogens with zero attached hydrogens (tertiary/aromatic N) is 2. The van der Waals surface area contributed by atoms with Gasteiger partial charge in [-0.05, 0) is 24.4 Å². The molecular formula is C14H18N2O3. The van der Waals surface area contributed by atoms with Gasteiger partial charge in [0, 0.05) is 13.0 Å². The number of likely N-dealkylation sites (N-methyl/N-ethyl adjacent to an activating group) is 1. The van der Waals surface area contributed by atoms with Crippen LogP contribution in [0.2, 0.25) is 0 Å². The number of hydrogen-bond acceptors (Lipinski definition) is 4. The average Bonchev–Trinajstić information content (AvgIpc) is 2.40. The second-order valence-corrected chi connectivity index (χ2v) is 4.55. The number of amides is 1. The molecule has 1 aliphatic heterocycles. The molecule has 1 atom stereocenters. The minimum Gasteiger partial charge on any atom is -0.381 e. The molecule has 5 nitrogen and oxygen atoms in total. The molecule has 1 heterocycles. The number of ether oxygens (including phenoxy) is 1. The van der Waals surface area contributed by atoms with Crippen LogP contribution in [0.3, 0.4) is 0 Å². The van der Waals surface area contributed by atoms with Gasteiger partial charge in [-0.15, -0.1) is 0 Å². The molecule has 1 fully saturated rings. The lowest BCUT2D eigenvalue weighted by Gasteiger charge is -2.34. The van der Waals surface area contributed by atoms with Crippen molar-refractivity contribution in [2.45, 2.75) is 5.92 Å². The molecule has 1 unspecified atom stereocenters. The van der Waals surface area contributed by atoms with Crippen LogP contribution in [0.15, 0.2) is 29.3 Å². The fourth-order valence-corrected chi connectivity index (χ4v) is 2.17. The quantitative estimate of drug-likeness (QED) is 0.600. The molecular weight excluding hydrogens is 244 g/mol. The van der Waals surface area contributed by atoms with Crippen molar-refractivity contribution in [3.8, 4) is 0 Å². The van der Waals surface area contributed by atoms with E-state index in [1.54, 1.807) is 7.05 Å². The molecule has 19 heavy (non-hydrogen) atoms. The summed E-state index contributed by atoms with van der Waals surface area (Å²) in [6, 6.07) is 7.55. The number of carbonyl (C=O) groups excluding carboxylic acids is 1. The summed E-state index contributed by atoms with van der Waals surface area (Å²) in [5, 5.41) is 1.26. The number of hydroxylamine groups is 2. The van der Waals surface area contributed by atoms with E-state index in [9.17, 15) is 4.79 Å². The van der Waals surface area contributed by atoms with Gasteiger partial charge >= 0.3 is 0 Å². The second-order valence-electron chi connectivity index (χ2n) is 4.55. The van der Waals surface area contributed by atoms with E-state index in [2.05, 4.69) is 11.7 Å².